The highest BCUT2D eigenvalue weighted by Crippen LogP contribution is 2.19. The molecule has 0 saturated carbocycles. The Morgan fingerprint density at radius 2 is 1.77 bits per heavy atom. The summed E-state index contributed by atoms with van der Waals surface area (Å²) in [5.41, 5.74) is 1.25. The number of carbonyl (C=O) groups is 1. The minimum atomic E-state index is -0.408. The molecule has 0 radical (unpaired) electrons. The normalized spacial score (nSPS) is 10.4. The molecular formula is C15H13N5O2. The van der Waals surface area contributed by atoms with Crippen molar-refractivity contribution in [1.29, 1.82) is 0 Å². The Kier molecular flexibility index (Phi) is 3.86. The smallest absolute Gasteiger partial charge is 0.327 e. The summed E-state index contributed by atoms with van der Waals surface area (Å²) in [7, 11) is 1.33. The maximum atomic E-state index is 11.6. The van der Waals surface area contributed by atoms with E-state index in [0.717, 1.165) is 0 Å². The molecule has 7 nitrogen and oxygen atoms in total. The van der Waals surface area contributed by atoms with Gasteiger partial charge in [0.25, 0.3) is 0 Å². The van der Waals surface area contributed by atoms with E-state index in [9.17, 15) is 4.79 Å². The summed E-state index contributed by atoms with van der Waals surface area (Å²) in [6.07, 6.45) is 3.32. The summed E-state index contributed by atoms with van der Waals surface area (Å²) in [4.78, 5) is 24.5. The first-order chi connectivity index (χ1) is 10.8. The Labute approximate surface area is 126 Å². The Morgan fingerprint density at radius 3 is 2.36 bits per heavy atom. The van der Waals surface area contributed by atoms with Gasteiger partial charge in [-0.1, -0.05) is 12.1 Å². The van der Waals surface area contributed by atoms with Crippen LogP contribution in [0, 0.1) is 0 Å². The first kappa shape index (κ1) is 13.9. The van der Waals surface area contributed by atoms with Crippen LogP contribution in [0.1, 0.15) is 0 Å². The molecule has 0 aliphatic rings. The number of aromatic nitrogens is 5. The predicted molar refractivity (Wildman–Crippen MR) is 78.5 cm³/mol. The van der Waals surface area contributed by atoms with E-state index in [2.05, 4.69) is 20.1 Å². The first-order valence-corrected chi connectivity index (χ1v) is 6.62. The molecule has 0 aliphatic heterocycles. The van der Waals surface area contributed by atoms with Crippen LogP contribution in [0.15, 0.2) is 48.8 Å². The molecule has 0 amide bonds. The molecule has 0 unspecified atom stereocenters. The Balaban J connectivity index is 2.07. The molecule has 3 heterocycles. The lowest BCUT2D eigenvalue weighted by Gasteiger charge is -2.03. The number of hydrogen-bond donors (Lipinski definition) is 0. The maximum Gasteiger partial charge on any atom is 0.327 e. The highest BCUT2D eigenvalue weighted by atomic mass is 16.5. The number of rotatable bonds is 4. The summed E-state index contributed by atoms with van der Waals surface area (Å²) in [6.45, 7) is -0.0394. The number of ether oxygens (including phenoxy) is 1. The van der Waals surface area contributed by atoms with Gasteiger partial charge in [0.05, 0.1) is 7.11 Å². The SMILES string of the molecule is COC(=O)Cn1nc(-c2ccccn2)nc1-c1ccccn1. The third-order valence-electron chi connectivity index (χ3n) is 2.97. The highest BCUT2D eigenvalue weighted by Gasteiger charge is 2.17. The average Bonchev–Trinajstić information content (AvgIpc) is 3.00. The summed E-state index contributed by atoms with van der Waals surface area (Å²) >= 11 is 0. The van der Waals surface area contributed by atoms with Crippen LogP contribution >= 0.6 is 0 Å². The molecule has 0 spiro atoms. The van der Waals surface area contributed by atoms with E-state index >= 15 is 0 Å². The Hall–Kier alpha value is -3.09. The van der Waals surface area contributed by atoms with Gasteiger partial charge >= 0.3 is 5.97 Å². The fourth-order valence-corrected chi connectivity index (χ4v) is 1.93. The molecule has 3 aromatic rings. The van der Waals surface area contributed by atoms with E-state index in [1.54, 1.807) is 24.5 Å². The van der Waals surface area contributed by atoms with Crippen LogP contribution in [0.5, 0.6) is 0 Å². The van der Waals surface area contributed by atoms with Crippen LogP contribution in [0.2, 0.25) is 0 Å². The molecule has 0 atom stereocenters. The van der Waals surface area contributed by atoms with E-state index in [-0.39, 0.29) is 6.54 Å². The van der Waals surface area contributed by atoms with Crippen LogP contribution in [-0.2, 0) is 16.1 Å². The third kappa shape index (κ3) is 2.83. The quantitative estimate of drug-likeness (QED) is 0.679. The molecule has 0 fully saturated rings. The van der Waals surface area contributed by atoms with Crippen molar-refractivity contribution in [1.82, 2.24) is 24.7 Å². The lowest BCUT2D eigenvalue weighted by molar-refractivity contribution is -0.141. The van der Waals surface area contributed by atoms with Crippen molar-refractivity contribution in [2.75, 3.05) is 7.11 Å². The van der Waals surface area contributed by atoms with Gasteiger partial charge in [0.1, 0.15) is 17.9 Å². The minimum absolute atomic E-state index is 0.0394. The minimum Gasteiger partial charge on any atom is -0.468 e. The van der Waals surface area contributed by atoms with Crippen LogP contribution in [-0.4, -0.2) is 37.8 Å². The van der Waals surface area contributed by atoms with Crippen molar-refractivity contribution in [2.45, 2.75) is 6.54 Å². The van der Waals surface area contributed by atoms with E-state index in [0.29, 0.717) is 23.0 Å². The van der Waals surface area contributed by atoms with Gasteiger partial charge in [0.2, 0.25) is 0 Å². The molecule has 0 bridgehead atoms. The maximum absolute atomic E-state index is 11.6. The van der Waals surface area contributed by atoms with Crippen LogP contribution in [0.3, 0.4) is 0 Å². The predicted octanol–water partition coefficient (Wildman–Crippen LogP) is 1.58. The van der Waals surface area contributed by atoms with Gasteiger partial charge in [-0.3, -0.25) is 14.8 Å². The second-order valence-corrected chi connectivity index (χ2v) is 4.42. The third-order valence-corrected chi connectivity index (χ3v) is 2.97. The molecule has 110 valence electrons. The van der Waals surface area contributed by atoms with Crippen molar-refractivity contribution in [3.63, 3.8) is 0 Å². The average molecular weight is 295 g/mol. The number of pyridine rings is 2. The van der Waals surface area contributed by atoms with Crippen molar-refractivity contribution in [3.8, 4) is 23.0 Å². The summed E-state index contributed by atoms with van der Waals surface area (Å²) in [6, 6.07) is 10.9. The van der Waals surface area contributed by atoms with Gasteiger partial charge < -0.3 is 4.74 Å². The summed E-state index contributed by atoms with van der Waals surface area (Å²) < 4.78 is 6.17. The topological polar surface area (TPSA) is 82.8 Å². The van der Waals surface area contributed by atoms with Gasteiger partial charge in [-0.2, -0.15) is 0 Å². The summed E-state index contributed by atoms with van der Waals surface area (Å²) in [5, 5.41) is 4.35. The number of nitrogens with zero attached hydrogens (tertiary/aromatic N) is 5. The zero-order valence-electron chi connectivity index (χ0n) is 11.9. The number of esters is 1. The molecular weight excluding hydrogens is 282 g/mol. The van der Waals surface area contributed by atoms with Gasteiger partial charge in [-0.15, -0.1) is 5.10 Å². The first-order valence-electron chi connectivity index (χ1n) is 6.62. The molecule has 7 heteroatoms. The molecule has 0 aliphatic carbocycles. The zero-order chi connectivity index (χ0) is 15.4. The van der Waals surface area contributed by atoms with Gasteiger partial charge in [0, 0.05) is 12.4 Å². The van der Waals surface area contributed by atoms with E-state index in [1.165, 1.54) is 11.8 Å². The molecule has 0 aromatic carbocycles. The lowest BCUT2D eigenvalue weighted by atomic mass is 10.3. The fourth-order valence-electron chi connectivity index (χ4n) is 1.93. The number of carbonyl (C=O) groups excluding carboxylic acids is 1. The monoisotopic (exact) mass is 295 g/mol. The van der Waals surface area contributed by atoms with Gasteiger partial charge in [-0.25, -0.2) is 9.67 Å². The van der Waals surface area contributed by atoms with Crippen molar-refractivity contribution in [3.05, 3.63) is 48.8 Å². The fraction of sp³-hybridized carbons (Fsp3) is 0.133. The number of hydrogen-bond acceptors (Lipinski definition) is 6. The van der Waals surface area contributed by atoms with Crippen LogP contribution in [0.25, 0.3) is 23.0 Å². The van der Waals surface area contributed by atoms with E-state index in [4.69, 9.17) is 4.74 Å². The van der Waals surface area contributed by atoms with Gasteiger partial charge in [0.15, 0.2) is 11.6 Å². The Bertz CT molecular complexity index is 771. The molecule has 0 saturated heterocycles. The highest BCUT2D eigenvalue weighted by molar-refractivity contribution is 5.70. The van der Waals surface area contributed by atoms with Crippen LogP contribution in [0.4, 0.5) is 0 Å². The zero-order valence-corrected chi connectivity index (χ0v) is 11.9. The standard InChI is InChI=1S/C15H13N5O2/c1-22-13(21)10-20-15(12-7-3-5-9-17-12)18-14(19-20)11-6-2-4-8-16-11/h2-9H,10H2,1H3. The second kappa shape index (κ2) is 6.13. The van der Waals surface area contributed by atoms with Gasteiger partial charge in [-0.05, 0) is 24.3 Å². The lowest BCUT2D eigenvalue weighted by Crippen LogP contribution is -2.14. The number of methoxy groups -OCH3 is 1. The van der Waals surface area contributed by atoms with Crippen molar-refractivity contribution >= 4 is 5.97 Å². The van der Waals surface area contributed by atoms with Crippen LogP contribution < -0.4 is 0 Å². The molecule has 22 heavy (non-hydrogen) atoms. The largest absolute Gasteiger partial charge is 0.468 e. The van der Waals surface area contributed by atoms with Crippen molar-refractivity contribution < 1.29 is 9.53 Å². The van der Waals surface area contributed by atoms with E-state index in [1.807, 2.05) is 24.3 Å². The molecule has 3 rings (SSSR count). The van der Waals surface area contributed by atoms with E-state index < -0.39 is 5.97 Å². The Morgan fingerprint density at radius 1 is 1.09 bits per heavy atom. The molecule has 0 N–H and O–H groups in total. The molecule has 3 aromatic heterocycles. The van der Waals surface area contributed by atoms with Crippen molar-refractivity contribution in [2.24, 2.45) is 0 Å². The second-order valence-electron chi connectivity index (χ2n) is 4.42. The summed E-state index contributed by atoms with van der Waals surface area (Å²) in [5.74, 6) is 0.520.